The van der Waals surface area contributed by atoms with Gasteiger partial charge in [0.2, 0.25) is 11.8 Å². The summed E-state index contributed by atoms with van der Waals surface area (Å²) in [7, 11) is 0. The van der Waals surface area contributed by atoms with E-state index < -0.39 is 0 Å². The second kappa shape index (κ2) is 8.91. The van der Waals surface area contributed by atoms with Gasteiger partial charge in [0, 0.05) is 38.5 Å². The van der Waals surface area contributed by atoms with E-state index >= 15 is 0 Å². The number of amides is 2. The van der Waals surface area contributed by atoms with Gasteiger partial charge in [-0.25, -0.2) is 0 Å². The molecular formula is C14H27N3O2. The Balaban J connectivity index is 1.99. The van der Waals surface area contributed by atoms with Crippen LogP contribution in [-0.2, 0) is 9.59 Å². The molecule has 1 aliphatic heterocycles. The van der Waals surface area contributed by atoms with Gasteiger partial charge < -0.3 is 15.5 Å². The molecule has 0 radical (unpaired) electrons. The van der Waals surface area contributed by atoms with Gasteiger partial charge in [0.15, 0.2) is 0 Å². The van der Waals surface area contributed by atoms with Crippen LogP contribution >= 0.6 is 0 Å². The number of nitrogens with zero attached hydrogens (tertiary/aromatic N) is 1. The van der Waals surface area contributed by atoms with Crippen LogP contribution in [0.15, 0.2) is 0 Å². The summed E-state index contributed by atoms with van der Waals surface area (Å²) in [6.45, 7) is 7.26. The van der Waals surface area contributed by atoms with Crippen LogP contribution in [0.25, 0.3) is 0 Å². The second-order valence-corrected chi connectivity index (χ2v) is 5.40. The minimum absolute atomic E-state index is 0.0415. The molecule has 1 fully saturated rings. The molecule has 5 nitrogen and oxygen atoms in total. The highest BCUT2D eigenvalue weighted by atomic mass is 16.2. The zero-order chi connectivity index (χ0) is 14.1. The monoisotopic (exact) mass is 269 g/mol. The Morgan fingerprint density at radius 3 is 2.42 bits per heavy atom. The van der Waals surface area contributed by atoms with E-state index in [0.29, 0.717) is 25.4 Å². The van der Waals surface area contributed by atoms with Crippen LogP contribution in [0.1, 0.15) is 46.0 Å². The van der Waals surface area contributed by atoms with Crippen LogP contribution in [0.3, 0.4) is 0 Å². The molecule has 1 rings (SSSR count). The van der Waals surface area contributed by atoms with Gasteiger partial charge in [-0.15, -0.1) is 0 Å². The van der Waals surface area contributed by atoms with Gasteiger partial charge in [-0.1, -0.05) is 13.8 Å². The predicted octanol–water partition coefficient (Wildman–Crippen LogP) is 0.893. The fourth-order valence-corrected chi connectivity index (χ4v) is 2.16. The average Bonchev–Trinajstić information content (AvgIpc) is 2.88. The van der Waals surface area contributed by atoms with Crippen LogP contribution in [0.2, 0.25) is 0 Å². The number of hydrogen-bond acceptors (Lipinski definition) is 3. The van der Waals surface area contributed by atoms with Crippen molar-refractivity contribution in [3.63, 3.8) is 0 Å². The van der Waals surface area contributed by atoms with Crippen LogP contribution in [-0.4, -0.2) is 48.9 Å². The van der Waals surface area contributed by atoms with Gasteiger partial charge in [-0.2, -0.15) is 0 Å². The quantitative estimate of drug-likeness (QED) is 0.643. The highest BCUT2D eigenvalue weighted by Crippen LogP contribution is 2.08. The first kappa shape index (κ1) is 16.0. The first-order chi connectivity index (χ1) is 9.09. The molecule has 0 saturated carbocycles. The third-order valence-corrected chi connectivity index (χ3v) is 3.25. The summed E-state index contributed by atoms with van der Waals surface area (Å²) in [6.07, 6.45) is 4.01. The number of carbonyl (C=O) groups excluding carboxylic acids is 2. The van der Waals surface area contributed by atoms with Gasteiger partial charge in [-0.05, 0) is 25.8 Å². The molecule has 0 aromatic heterocycles. The average molecular weight is 269 g/mol. The van der Waals surface area contributed by atoms with E-state index in [-0.39, 0.29) is 11.8 Å². The fourth-order valence-electron chi connectivity index (χ4n) is 2.16. The molecule has 2 N–H and O–H groups in total. The SMILES string of the molecule is CC(C)NCCCC(=O)NCCC(=O)N1CCCC1. The Morgan fingerprint density at radius 1 is 1.11 bits per heavy atom. The summed E-state index contributed by atoms with van der Waals surface area (Å²) in [6, 6.07) is 0.459. The zero-order valence-electron chi connectivity index (χ0n) is 12.2. The molecule has 0 aromatic rings. The highest BCUT2D eigenvalue weighted by molar-refractivity contribution is 5.79. The zero-order valence-corrected chi connectivity index (χ0v) is 12.2. The van der Waals surface area contributed by atoms with Gasteiger partial charge in [0.05, 0.1) is 0 Å². The topological polar surface area (TPSA) is 61.4 Å². The highest BCUT2D eigenvalue weighted by Gasteiger charge is 2.17. The van der Waals surface area contributed by atoms with E-state index in [2.05, 4.69) is 24.5 Å². The lowest BCUT2D eigenvalue weighted by atomic mass is 10.2. The number of rotatable bonds is 8. The Labute approximate surface area is 116 Å². The molecule has 0 unspecified atom stereocenters. The largest absolute Gasteiger partial charge is 0.356 e. The molecule has 1 heterocycles. The lowest BCUT2D eigenvalue weighted by Crippen LogP contribution is -2.33. The number of likely N-dealkylation sites (tertiary alicyclic amines) is 1. The van der Waals surface area contributed by atoms with Crippen molar-refractivity contribution in [2.24, 2.45) is 0 Å². The van der Waals surface area contributed by atoms with Gasteiger partial charge in [0.1, 0.15) is 0 Å². The summed E-state index contributed by atoms with van der Waals surface area (Å²) in [5.74, 6) is 0.207. The minimum Gasteiger partial charge on any atom is -0.356 e. The normalized spacial score (nSPS) is 15.0. The summed E-state index contributed by atoms with van der Waals surface area (Å²) >= 11 is 0. The van der Waals surface area contributed by atoms with Crippen molar-refractivity contribution in [1.82, 2.24) is 15.5 Å². The van der Waals surface area contributed by atoms with E-state index in [1.807, 2.05) is 4.90 Å². The smallest absolute Gasteiger partial charge is 0.224 e. The molecule has 1 aliphatic rings. The number of hydrogen-bond donors (Lipinski definition) is 2. The van der Waals surface area contributed by atoms with E-state index in [0.717, 1.165) is 38.9 Å². The van der Waals surface area contributed by atoms with Crippen molar-refractivity contribution in [3.8, 4) is 0 Å². The van der Waals surface area contributed by atoms with Crippen molar-refractivity contribution < 1.29 is 9.59 Å². The maximum Gasteiger partial charge on any atom is 0.224 e. The maximum atomic E-state index is 11.7. The van der Waals surface area contributed by atoms with Crippen LogP contribution in [0.5, 0.6) is 0 Å². The Morgan fingerprint density at radius 2 is 1.79 bits per heavy atom. The maximum absolute atomic E-state index is 11.7. The van der Waals surface area contributed by atoms with E-state index in [1.165, 1.54) is 0 Å². The first-order valence-corrected chi connectivity index (χ1v) is 7.37. The summed E-state index contributed by atoms with van der Waals surface area (Å²) in [4.78, 5) is 25.1. The molecule has 19 heavy (non-hydrogen) atoms. The minimum atomic E-state index is 0.0415. The first-order valence-electron chi connectivity index (χ1n) is 7.37. The van der Waals surface area contributed by atoms with Crippen molar-refractivity contribution >= 4 is 11.8 Å². The van der Waals surface area contributed by atoms with Gasteiger partial charge in [0.25, 0.3) is 0 Å². The number of nitrogens with one attached hydrogen (secondary N) is 2. The third kappa shape index (κ3) is 7.15. The van der Waals surface area contributed by atoms with Crippen molar-refractivity contribution in [3.05, 3.63) is 0 Å². The Kier molecular flexibility index (Phi) is 7.48. The second-order valence-electron chi connectivity index (χ2n) is 5.40. The molecule has 110 valence electrons. The Hall–Kier alpha value is -1.10. The van der Waals surface area contributed by atoms with Crippen LogP contribution in [0.4, 0.5) is 0 Å². The fraction of sp³-hybridized carbons (Fsp3) is 0.857. The lowest BCUT2D eigenvalue weighted by Gasteiger charge is -2.15. The van der Waals surface area contributed by atoms with Crippen LogP contribution < -0.4 is 10.6 Å². The van der Waals surface area contributed by atoms with Crippen molar-refractivity contribution in [2.75, 3.05) is 26.2 Å². The molecule has 0 bridgehead atoms. The third-order valence-electron chi connectivity index (χ3n) is 3.25. The van der Waals surface area contributed by atoms with Crippen molar-refractivity contribution in [2.45, 2.75) is 52.0 Å². The molecule has 5 heteroatoms. The molecular weight excluding hydrogens is 242 g/mol. The van der Waals surface area contributed by atoms with Crippen molar-refractivity contribution in [1.29, 1.82) is 0 Å². The van der Waals surface area contributed by atoms with Gasteiger partial charge in [-0.3, -0.25) is 9.59 Å². The van der Waals surface area contributed by atoms with E-state index in [4.69, 9.17) is 0 Å². The number of carbonyl (C=O) groups is 2. The summed E-state index contributed by atoms with van der Waals surface area (Å²) < 4.78 is 0. The standard InChI is InChI=1S/C14H27N3O2/c1-12(2)15-8-5-6-13(18)16-9-7-14(19)17-10-3-4-11-17/h12,15H,3-11H2,1-2H3,(H,16,18). The summed E-state index contributed by atoms with van der Waals surface area (Å²) in [5, 5.41) is 6.08. The van der Waals surface area contributed by atoms with E-state index in [1.54, 1.807) is 0 Å². The summed E-state index contributed by atoms with van der Waals surface area (Å²) in [5.41, 5.74) is 0. The van der Waals surface area contributed by atoms with Gasteiger partial charge >= 0.3 is 0 Å². The van der Waals surface area contributed by atoms with E-state index in [9.17, 15) is 9.59 Å². The molecule has 0 spiro atoms. The lowest BCUT2D eigenvalue weighted by molar-refractivity contribution is -0.130. The predicted molar refractivity (Wildman–Crippen MR) is 75.8 cm³/mol. The van der Waals surface area contributed by atoms with Crippen LogP contribution in [0, 0.1) is 0 Å². The molecule has 0 aromatic carbocycles. The molecule has 1 saturated heterocycles. The Bertz CT molecular complexity index is 286. The molecule has 0 atom stereocenters. The molecule has 0 aliphatic carbocycles. The molecule has 2 amide bonds.